The van der Waals surface area contributed by atoms with Crippen molar-refractivity contribution in [2.24, 2.45) is 0 Å². The summed E-state index contributed by atoms with van der Waals surface area (Å²) in [4.78, 5) is 20.7. The Kier molecular flexibility index (Phi) is 6.17. The summed E-state index contributed by atoms with van der Waals surface area (Å²) in [5.41, 5.74) is 2.54. The molecular weight excluding hydrogens is 348 g/mol. The van der Waals surface area contributed by atoms with E-state index in [-0.39, 0.29) is 5.91 Å². The molecule has 0 atom stereocenters. The minimum absolute atomic E-state index is 0.143. The largest absolute Gasteiger partial charge is 0.364 e. The lowest BCUT2D eigenvalue weighted by molar-refractivity contribution is 0.0954. The van der Waals surface area contributed by atoms with Gasteiger partial charge in [0.15, 0.2) is 0 Å². The molecule has 0 aliphatic rings. The van der Waals surface area contributed by atoms with Gasteiger partial charge in [-0.1, -0.05) is 29.8 Å². The summed E-state index contributed by atoms with van der Waals surface area (Å²) in [5, 5.41) is 6.77. The number of hydrogen-bond acceptors (Lipinski definition) is 4. The van der Waals surface area contributed by atoms with E-state index in [0.717, 1.165) is 17.7 Å². The van der Waals surface area contributed by atoms with Crippen LogP contribution < -0.4 is 10.6 Å². The Morgan fingerprint density at radius 3 is 2.69 bits per heavy atom. The maximum Gasteiger partial charge on any atom is 0.252 e. The smallest absolute Gasteiger partial charge is 0.252 e. The van der Waals surface area contributed by atoms with Crippen molar-refractivity contribution < 1.29 is 4.79 Å². The first-order valence-corrected chi connectivity index (χ1v) is 8.71. The molecule has 26 heavy (non-hydrogen) atoms. The molecule has 6 heteroatoms. The van der Waals surface area contributed by atoms with Crippen LogP contribution in [0.5, 0.6) is 0 Å². The van der Waals surface area contributed by atoms with Crippen LogP contribution in [0, 0.1) is 0 Å². The number of carbonyl (C=O) groups excluding carboxylic acids is 1. The van der Waals surface area contributed by atoms with Crippen molar-refractivity contribution in [3.05, 3.63) is 88.8 Å². The van der Waals surface area contributed by atoms with Gasteiger partial charge in [-0.05, 0) is 48.4 Å². The van der Waals surface area contributed by atoms with E-state index in [2.05, 4.69) is 20.6 Å². The Hall–Kier alpha value is -2.92. The molecule has 0 bridgehead atoms. The number of carbonyl (C=O) groups is 1. The molecule has 0 unspecified atom stereocenters. The van der Waals surface area contributed by atoms with Crippen LogP contribution in [-0.4, -0.2) is 22.4 Å². The third kappa shape index (κ3) is 5.29. The normalized spacial score (nSPS) is 10.3. The fraction of sp³-hybridized carbons (Fsp3) is 0.150. The fourth-order valence-corrected chi connectivity index (χ4v) is 2.64. The van der Waals surface area contributed by atoms with E-state index in [0.29, 0.717) is 29.5 Å². The minimum Gasteiger partial charge on any atom is -0.364 e. The maximum absolute atomic E-state index is 12.2. The number of hydrogen-bond donors (Lipinski definition) is 2. The van der Waals surface area contributed by atoms with E-state index < -0.39 is 0 Å². The molecule has 0 spiro atoms. The highest BCUT2D eigenvalue weighted by molar-refractivity contribution is 6.30. The minimum atomic E-state index is -0.143. The predicted molar refractivity (Wildman–Crippen MR) is 103 cm³/mol. The fourth-order valence-electron chi connectivity index (χ4n) is 2.43. The Bertz CT molecular complexity index is 853. The van der Waals surface area contributed by atoms with Crippen molar-refractivity contribution in [1.29, 1.82) is 0 Å². The molecule has 5 nitrogen and oxygen atoms in total. The van der Waals surface area contributed by atoms with Crippen LogP contribution in [0.4, 0.5) is 5.82 Å². The highest BCUT2D eigenvalue weighted by Crippen LogP contribution is 2.11. The highest BCUT2D eigenvalue weighted by Gasteiger charge is 2.06. The Morgan fingerprint density at radius 2 is 1.96 bits per heavy atom. The van der Waals surface area contributed by atoms with Crippen molar-refractivity contribution in [3.8, 4) is 0 Å². The molecule has 0 saturated heterocycles. The van der Waals surface area contributed by atoms with Crippen molar-refractivity contribution in [3.63, 3.8) is 0 Å². The summed E-state index contributed by atoms with van der Waals surface area (Å²) < 4.78 is 0. The SMILES string of the molecule is O=C(NCCc1cccc(Cl)c1)c1ccc(NCc2ccccn2)nc1. The molecule has 2 aromatic heterocycles. The van der Waals surface area contributed by atoms with Gasteiger partial charge in [0.05, 0.1) is 17.8 Å². The standard InChI is InChI=1S/C20H19ClN4O/c21-17-5-3-4-15(12-17)9-11-23-20(26)16-7-8-19(24-13-16)25-14-18-6-1-2-10-22-18/h1-8,10,12-13H,9,11,14H2,(H,23,26)(H,24,25). The van der Waals surface area contributed by atoms with Crippen molar-refractivity contribution in [2.75, 3.05) is 11.9 Å². The summed E-state index contributed by atoms with van der Waals surface area (Å²) >= 11 is 5.96. The molecule has 0 radical (unpaired) electrons. The van der Waals surface area contributed by atoms with Crippen molar-refractivity contribution in [1.82, 2.24) is 15.3 Å². The first-order valence-electron chi connectivity index (χ1n) is 8.33. The number of aromatic nitrogens is 2. The topological polar surface area (TPSA) is 66.9 Å². The van der Waals surface area contributed by atoms with Gasteiger partial charge in [0.2, 0.25) is 0 Å². The lowest BCUT2D eigenvalue weighted by Crippen LogP contribution is -2.25. The van der Waals surface area contributed by atoms with Gasteiger partial charge in [-0.25, -0.2) is 4.98 Å². The number of benzene rings is 1. The molecule has 0 fully saturated rings. The number of nitrogens with zero attached hydrogens (tertiary/aromatic N) is 2. The van der Waals surface area contributed by atoms with Gasteiger partial charge in [0.25, 0.3) is 5.91 Å². The van der Waals surface area contributed by atoms with Gasteiger partial charge < -0.3 is 10.6 Å². The lowest BCUT2D eigenvalue weighted by atomic mass is 10.1. The summed E-state index contributed by atoms with van der Waals surface area (Å²) in [6.45, 7) is 1.12. The summed E-state index contributed by atoms with van der Waals surface area (Å²) in [6, 6.07) is 16.9. The zero-order valence-corrected chi connectivity index (χ0v) is 14.9. The second-order valence-corrected chi connectivity index (χ2v) is 6.18. The second-order valence-electron chi connectivity index (χ2n) is 5.74. The highest BCUT2D eigenvalue weighted by atomic mass is 35.5. The Morgan fingerprint density at radius 1 is 1.04 bits per heavy atom. The summed E-state index contributed by atoms with van der Waals surface area (Å²) in [5.74, 6) is 0.557. The van der Waals surface area contributed by atoms with Crippen LogP contribution in [-0.2, 0) is 13.0 Å². The monoisotopic (exact) mass is 366 g/mol. The van der Waals surface area contributed by atoms with E-state index in [1.54, 1.807) is 24.5 Å². The Labute approximate surface area is 157 Å². The van der Waals surface area contributed by atoms with Crippen LogP contribution in [0.2, 0.25) is 5.02 Å². The molecule has 2 heterocycles. The number of pyridine rings is 2. The number of rotatable bonds is 7. The molecule has 3 aromatic rings. The third-order valence-corrected chi connectivity index (χ3v) is 4.03. The van der Waals surface area contributed by atoms with Crippen LogP contribution >= 0.6 is 11.6 Å². The van der Waals surface area contributed by atoms with E-state index >= 15 is 0 Å². The lowest BCUT2D eigenvalue weighted by Gasteiger charge is -2.07. The first-order chi connectivity index (χ1) is 12.7. The average Bonchev–Trinajstić information content (AvgIpc) is 2.67. The zero-order valence-electron chi connectivity index (χ0n) is 14.2. The molecule has 1 amide bonds. The Balaban J connectivity index is 1.47. The first kappa shape index (κ1) is 17.9. The van der Waals surface area contributed by atoms with Gasteiger partial charge >= 0.3 is 0 Å². The van der Waals surface area contributed by atoms with Gasteiger partial charge in [0, 0.05) is 24.0 Å². The summed E-state index contributed by atoms with van der Waals surface area (Å²) in [7, 11) is 0. The average molecular weight is 367 g/mol. The number of anilines is 1. The molecule has 0 aliphatic carbocycles. The maximum atomic E-state index is 12.2. The molecular formula is C20H19ClN4O. The third-order valence-electron chi connectivity index (χ3n) is 3.79. The van der Waals surface area contributed by atoms with Crippen molar-refractivity contribution in [2.45, 2.75) is 13.0 Å². The van der Waals surface area contributed by atoms with Gasteiger partial charge in [-0.2, -0.15) is 0 Å². The molecule has 0 saturated carbocycles. The van der Waals surface area contributed by atoms with Crippen LogP contribution in [0.1, 0.15) is 21.6 Å². The number of amides is 1. The van der Waals surface area contributed by atoms with E-state index in [4.69, 9.17) is 11.6 Å². The molecule has 1 aromatic carbocycles. The van der Waals surface area contributed by atoms with Gasteiger partial charge in [0.1, 0.15) is 5.82 Å². The second kappa shape index (κ2) is 8.97. The van der Waals surface area contributed by atoms with Crippen molar-refractivity contribution >= 4 is 23.3 Å². The van der Waals surface area contributed by atoms with E-state index in [1.165, 1.54) is 0 Å². The molecule has 132 valence electrons. The van der Waals surface area contributed by atoms with E-state index in [9.17, 15) is 4.79 Å². The number of halogens is 1. The van der Waals surface area contributed by atoms with Gasteiger partial charge in [-0.3, -0.25) is 9.78 Å². The number of nitrogens with one attached hydrogen (secondary N) is 2. The zero-order chi connectivity index (χ0) is 18.2. The summed E-state index contributed by atoms with van der Waals surface area (Å²) in [6.07, 6.45) is 4.04. The molecule has 2 N–H and O–H groups in total. The van der Waals surface area contributed by atoms with E-state index in [1.807, 2.05) is 42.5 Å². The molecule has 0 aliphatic heterocycles. The predicted octanol–water partition coefficient (Wildman–Crippen LogP) is 3.71. The van der Waals surface area contributed by atoms with Gasteiger partial charge in [-0.15, -0.1) is 0 Å². The van der Waals surface area contributed by atoms with Crippen LogP contribution in [0.3, 0.4) is 0 Å². The quantitative estimate of drug-likeness (QED) is 0.668. The van der Waals surface area contributed by atoms with Crippen LogP contribution in [0.25, 0.3) is 0 Å². The molecule has 3 rings (SSSR count). The van der Waals surface area contributed by atoms with Crippen LogP contribution in [0.15, 0.2) is 67.0 Å².